The van der Waals surface area contributed by atoms with Crippen molar-refractivity contribution in [3.63, 3.8) is 0 Å². The van der Waals surface area contributed by atoms with Gasteiger partial charge in [-0.1, -0.05) is 66.5 Å². The number of carbonyl (C=O) groups excluding carboxylic acids is 2. The highest BCUT2D eigenvalue weighted by atomic mass is 35.5. The first-order valence-electron chi connectivity index (χ1n) is 13.7. The molecule has 0 aliphatic heterocycles. The number of anilines is 1. The Morgan fingerprint density at radius 1 is 0.952 bits per heavy atom. The van der Waals surface area contributed by atoms with Crippen LogP contribution >= 0.6 is 23.2 Å². The first-order valence-corrected chi connectivity index (χ1v) is 16.3. The zero-order valence-corrected chi connectivity index (χ0v) is 26.4. The van der Waals surface area contributed by atoms with Gasteiger partial charge in [-0.05, 0) is 60.4 Å². The van der Waals surface area contributed by atoms with E-state index in [2.05, 4.69) is 5.32 Å². The van der Waals surface area contributed by atoms with Crippen molar-refractivity contribution < 1.29 is 22.7 Å². The molecule has 0 radical (unpaired) electrons. The highest BCUT2D eigenvalue weighted by molar-refractivity contribution is 7.92. The molecule has 0 saturated carbocycles. The van der Waals surface area contributed by atoms with Crippen molar-refractivity contribution in [1.82, 2.24) is 10.2 Å². The third-order valence-corrected chi connectivity index (χ3v) is 8.60. The Morgan fingerprint density at radius 2 is 1.64 bits per heavy atom. The fraction of sp³-hybridized carbons (Fsp3) is 0.355. The Kier molecular flexibility index (Phi) is 12.5. The average molecular weight is 635 g/mol. The van der Waals surface area contributed by atoms with Gasteiger partial charge < -0.3 is 15.0 Å². The maximum atomic E-state index is 13.9. The van der Waals surface area contributed by atoms with Crippen LogP contribution in [0, 0.1) is 0 Å². The summed E-state index contributed by atoms with van der Waals surface area (Å²) >= 11 is 12.4. The summed E-state index contributed by atoms with van der Waals surface area (Å²) in [5.74, 6) is 0.0630. The van der Waals surface area contributed by atoms with E-state index in [4.69, 9.17) is 27.9 Å². The second-order valence-corrected chi connectivity index (χ2v) is 12.6. The van der Waals surface area contributed by atoms with E-state index in [0.717, 1.165) is 23.8 Å². The first kappa shape index (κ1) is 33.2. The second kappa shape index (κ2) is 15.8. The number of nitrogens with one attached hydrogen (secondary N) is 1. The topological polar surface area (TPSA) is 96.0 Å². The molecule has 8 nitrogen and oxygen atoms in total. The predicted molar refractivity (Wildman–Crippen MR) is 169 cm³/mol. The number of halogens is 2. The summed E-state index contributed by atoms with van der Waals surface area (Å²) in [6.07, 6.45) is 2.45. The van der Waals surface area contributed by atoms with Gasteiger partial charge in [-0.15, -0.1) is 0 Å². The molecule has 1 atom stereocenters. The summed E-state index contributed by atoms with van der Waals surface area (Å²) in [5, 5.41) is 3.68. The average Bonchev–Trinajstić information content (AvgIpc) is 2.97. The maximum Gasteiger partial charge on any atom is 0.243 e. The molecule has 3 rings (SSSR count). The second-order valence-electron chi connectivity index (χ2n) is 9.90. The molecule has 0 aliphatic carbocycles. The van der Waals surface area contributed by atoms with Gasteiger partial charge in [0.2, 0.25) is 21.8 Å². The van der Waals surface area contributed by atoms with E-state index in [1.54, 1.807) is 47.4 Å². The molecule has 0 aliphatic rings. The van der Waals surface area contributed by atoms with E-state index in [-0.39, 0.29) is 37.7 Å². The lowest BCUT2D eigenvalue weighted by Gasteiger charge is -2.32. The van der Waals surface area contributed by atoms with Crippen molar-refractivity contribution >= 4 is 50.7 Å². The zero-order chi connectivity index (χ0) is 30.7. The fourth-order valence-electron chi connectivity index (χ4n) is 4.51. The molecule has 0 heterocycles. The van der Waals surface area contributed by atoms with Crippen LogP contribution in [0.5, 0.6) is 5.75 Å². The summed E-state index contributed by atoms with van der Waals surface area (Å²) in [7, 11) is -2.08. The molecule has 0 bridgehead atoms. The van der Waals surface area contributed by atoms with Crippen molar-refractivity contribution in [3.05, 3.63) is 94.0 Å². The molecular formula is C31H37Cl2N3O5S. The Hall–Kier alpha value is -3.27. The van der Waals surface area contributed by atoms with E-state index in [1.807, 2.05) is 37.3 Å². The normalized spacial score (nSPS) is 11.9. The first-order chi connectivity index (χ1) is 20.0. The van der Waals surface area contributed by atoms with Crippen molar-refractivity contribution in [2.75, 3.05) is 30.8 Å². The van der Waals surface area contributed by atoms with Gasteiger partial charge in [-0.3, -0.25) is 13.9 Å². The van der Waals surface area contributed by atoms with Crippen LogP contribution in [-0.2, 0) is 32.6 Å². The van der Waals surface area contributed by atoms with Gasteiger partial charge in [0.25, 0.3) is 0 Å². The van der Waals surface area contributed by atoms with Crippen LogP contribution in [-0.4, -0.2) is 57.6 Å². The smallest absolute Gasteiger partial charge is 0.243 e. The number of hydrogen-bond acceptors (Lipinski definition) is 5. The molecule has 1 N–H and O–H groups in total. The zero-order valence-electron chi connectivity index (χ0n) is 24.1. The molecule has 0 spiro atoms. The number of sulfonamides is 1. The van der Waals surface area contributed by atoms with E-state index < -0.39 is 16.1 Å². The van der Waals surface area contributed by atoms with E-state index >= 15 is 0 Å². The summed E-state index contributed by atoms with van der Waals surface area (Å²) in [6, 6.07) is 20.5. The van der Waals surface area contributed by atoms with Crippen molar-refractivity contribution in [1.29, 1.82) is 0 Å². The number of nitrogens with zero attached hydrogens (tertiary/aromatic N) is 2. The Labute approximate surface area is 258 Å². The highest BCUT2D eigenvalue weighted by Gasteiger charge is 2.30. The molecule has 0 saturated heterocycles. The van der Waals surface area contributed by atoms with Gasteiger partial charge in [-0.2, -0.15) is 0 Å². The number of amides is 2. The van der Waals surface area contributed by atoms with Crippen LogP contribution in [0.15, 0.2) is 72.8 Å². The maximum absolute atomic E-state index is 13.9. The lowest BCUT2D eigenvalue weighted by Crippen LogP contribution is -2.50. The van der Waals surface area contributed by atoms with E-state index in [9.17, 15) is 18.0 Å². The number of hydrogen-bond donors (Lipinski definition) is 1. The lowest BCUT2D eigenvalue weighted by molar-refractivity contribution is -0.141. The van der Waals surface area contributed by atoms with Crippen LogP contribution in [0.25, 0.3) is 0 Å². The fourth-order valence-corrected chi connectivity index (χ4v) is 5.79. The van der Waals surface area contributed by atoms with Crippen molar-refractivity contribution in [3.8, 4) is 5.75 Å². The van der Waals surface area contributed by atoms with Crippen molar-refractivity contribution in [2.24, 2.45) is 0 Å². The lowest BCUT2D eigenvalue weighted by atomic mass is 10.0. The molecule has 42 heavy (non-hydrogen) atoms. The minimum Gasteiger partial charge on any atom is -0.497 e. The summed E-state index contributed by atoms with van der Waals surface area (Å²) < 4.78 is 31.7. The van der Waals surface area contributed by atoms with Crippen LogP contribution < -0.4 is 14.4 Å². The number of rotatable bonds is 15. The minimum atomic E-state index is -3.62. The molecular weight excluding hydrogens is 597 g/mol. The van der Waals surface area contributed by atoms with Gasteiger partial charge >= 0.3 is 0 Å². The molecule has 11 heteroatoms. The van der Waals surface area contributed by atoms with Gasteiger partial charge in [-0.25, -0.2) is 8.42 Å². The quantitative estimate of drug-likeness (QED) is 0.231. The van der Waals surface area contributed by atoms with Crippen LogP contribution in [0.1, 0.15) is 37.3 Å². The Bertz CT molecular complexity index is 1440. The summed E-state index contributed by atoms with van der Waals surface area (Å²) in [6.45, 7) is 2.65. The summed E-state index contributed by atoms with van der Waals surface area (Å²) in [5.41, 5.74) is 2.10. The number of methoxy groups -OCH3 is 1. The van der Waals surface area contributed by atoms with Crippen LogP contribution in [0.4, 0.5) is 5.69 Å². The third-order valence-electron chi connectivity index (χ3n) is 6.67. The van der Waals surface area contributed by atoms with Crippen LogP contribution in [0.3, 0.4) is 0 Å². The third kappa shape index (κ3) is 9.64. The molecule has 3 aromatic rings. The molecule has 2 amide bonds. The molecule has 0 unspecified atom stereocenters. The largest absolute Gasteiger partial charge is 0.497 e. The number of benzene rings is 3. The molecule has 0 fully saturated rings. The number of carbonyl (C=O) groups is 2. The SMILES string of the molecule is CCCNC(=O)[C@@H](Cc1ccccc1)N(Cc1ccc(Cl)c(Cl)c1)C(=O)CCCN(c1ccc(OC)cc1)S(C)(=O)=O. The summed E-state index contributed by atoms with van der Waals surface area (Å²) in [4.78, 5) is 28.9. The van der Waals surface area contributed by atoms with Gasteiger partial charge in [0.05, 0.1) is 29.1 Å². The molecule has 3 aromatic carbocycles. The van der Waals surface area contributed by atoms with E-state index in [1.165, 1.54) is 11.4 Å². The molecule has 0 aromatic heterocycles. The standard InChI is InChI=1S/C31H37Cl2N3O5S/c1-4-18-34-31(38)29(21-23-9-6-5-7-10-23)35(22-24-12-17-27(32)28(33)20-24)30(37)11-8-19-36(42(3,39)40)25-13-15-26(41-2)16-14-25/h5-7,9-10,12-17,20,29H,4,8,11,18-19,21-22H2,1-3H3,(H,34,38)/t29-/m1/s1. The van der Waals surface area contributed by atoms with Gasteiger partial charge in [0.15, 0.2) is 0 Å². The van der Waals surface area contributed by atoms with Crippen molar-refractivity contribution in [2.45, 2.75) is 45.2 Å². The Morgan fingerprint density at radius 3 is 2.24 bits per heavy atom. The number of ether oxygens (including phenoxy) is 1. The highest BCUT2D eigenvalue weighted by Crippen LogP contribution is 2.25. The van der Waals surface area contributed by atoms with Gasteiger partial charge in [0.1, 0.15) is 11.8 Å². The van der Waals surface area contributed by atoms with Gasteiger partial charge in [0, 0.05) is 32.5 Å². The monoisotopic (exact) mass is 633 g/mol. The minimum absolute atomic E-state index is 0.0237. The molecule has 226 valence electrons. The predicted octanol–water partition coefficient (Wildman–Crippen LogP) is 5.71. The Balaban J connectivity index is 1.88. The van der Waals surface area contributed by atoms with Crippen LogP contribution in [0.2, 0.25) is 10.0 Å². The van der Waals surface area contributed by atoms with E-state index in [0.29, 0.717) is 34.4 Å².